The molecule has 0 aromatic heterocycles. The summed E-state index contributed by atoms with van der Waals surface area (Å²) in [6, 6.07) is 12.1. The number of nitro groups is 1. The molecular weight excluding hydrogens is 400 g/mol. The van der Waals surface area contributed by atoms with Crippen molar-refractivity contribution >= 4 is 34.8 Å². The van der Waals surface area contributed by atoms with E-state index in [0.29, 0.717) is 11.3 Å². The zero-order valence-electron chi connectivity index (χ0n) is 16.9. The first-order valence-corrected chi connectivity index (χ1v) is 10.1. The molecule has 2 aromatic rings. The van der Waals surface area contributed by atoms with E-state index in [1.807, 2.05) is 13.8 Å². The number of hydrogen-bond donors (Lipinski definition) is 2. The highest BCUT2D eigenvalue weighted by Crippen LogP contribution is 2.54. The Bertz CT molecular complexity index is 1140. The molecule has 3 amide bonds. The third kappa shape index (κ3) is 2.43. The highest BCUT2D eigenvalue weighted by atomic mass is 16.6. The largest absolute Gasteiger partial charge is 0.324 e. The predicted octanol–water partition coefficient (Wildman–Crippen LogP) is 2.18. The molecule has 1 spiro atoms. The quantitative estimate of drug-likeness (QED) is 0.446. The Morgan fingerprint density at radius 3 is 2.35 bits per heavy atom. The Kier molecular flexibility index (Phi) is 4.03. The molecule has 0 bridgehead atoms. The Morgan fingerprint density at radius 2 is 1.71 bits per heavy atom. The van der Waals surface area contributed by atoms with Crippen LogP contribution in [0.4, 0.5) is 17.1 Å². The molecule has 5 rings (SSSR count). The van der Waals surface area contributed by atoms with E-state index in [0.717, 1.165) is 4.90 Å². The summed E-state index contributed by atoms with van der Waals surface area (Å²) in [5, 5.41) is 17.2. The predicted molar refractivity (Wildman–Crippen MR) is 111 cm³/mol. The van der Waals surface area contributed by atoms with Gasteiger partial charge < -0.3 is 5.32 Å². The summed E-state index contributed by atoms with van der Waals surface area (Å²) in [5.74, 6) is -2.87. The van der Waals surface area contributed by atoms with Crippen molar-refractivity contribution < 1.29 is 19.3 Å². The summed E-state index contributed by atoms with van der Waals surface area (Å²) in [6.07, 6.45) is 0. The monoisotopic (exact) mass is 420 g/mol. The molecule has 0 radical (unpaired) electrons. The summed E-state index contributed by atoms with van der Waals surface area (Å²) in [6.45, 7) is 3.89. The van der Waals surface area contributed by atoms with Gasteiger partial charge in [-0.3, -0.25) is 29.8 Å². The van der Waals surface area contributed by atoms with Crippen molar-refractivity contribution in [2.24, 2.45) is 17.8 Å². The van der Waals surface area contributed by atoms with Crippen LogP contribution in [-0.2, 0) is 19.9 Å². The number of anilines is 2. The van der Waals surface area contributed by atoms with Crippen LogP contribution in [0.3, 0.4) is 0 Å². The van der Waals surface area contributed by atoms with Gasteiger partial charge >= 0.3 is 0 Å². The van der Waals surface area contributed by atoms with Crippen molar-refractivity contribution in [2.45, 2.75) is 25.4 Å². The van der Waals surface area contributed by atoms with Gasteiger partial charge in [-0.15, -0.1) is 0 Å². The first-order valence-electron chi connectivity index (χ1n) is 10.1. The maximum atomic E-state index is 13.7. The second-order valence-corrected chi connectivity index (χ2v) is 8.51. The van der Waals surface area contributed by atoms with Gasteiger partial charge in [-0.2, -0.15) is 0 Å². The number of hydrogen-bond acceptors (Lipinski definition) is 6. The van der Waals surface area contributed by atoms with Gasteiger partial charge in [0.15, 0.2) is 0 Å². The Balaban J connectivity index is 1.64. The standard InChI is InChI=1S/C22H20N4O5/c1-11(2)18-16-17(22(24-18)14-5-3-4-6-15(14)23-21(22)29)20(28)25(19(16)27)12-7-9-13(10-8-12)26(30)31/h3-11,16-18,24H,1-2H3,(H,23,29)/t16-,17-,18+,22-/m0/s1. The van der Waals surface area contributed by atoms with E-state index in [-0.39, 0.29) is 29.2 Å². The fourth-order valence-corrected chi connectivity index (χ4v) is 5.24. The van der Waals surface area contributed by atoms with Gasteiger partial charge in [0, 0.05) is 29.4 Å². The zero-order valence-corrected chi connectivity index (χ0v) is 16.9. The van der Waals surface area contributed by atoms with Gasteiger partial charge in [-0.25, -0.2) is 4.90 Å². The molecule has 0 saturated carbocycles. The maximum Gasteiger partial charge on any atom is 0.269 e. The molecule has 31 heavy (non-hydrogen) atoms. The van der Waals surface area contributed by atoms with Crippen molar-refractivity contribution in [3.05, 3.63) is 64.2 Å². The summed E-state index contributed by atoms with van der Waals surface area (Å²) in [7, 11) is 0. The van der Waals surface area contributed by atoms with E-state index in [9.17, 15) is 24.5 Å². The van der Waals surface area contributed by atoms with Crippen LogP contribution in [0.1, 0.15) is 19.4 Å². The normalized spacial score (nSPS) is 28.9. The van der Waals surface area contributed by atoms with Gasteiger partial charge in [0.25, 0.3) is 5.69 Å². The lowest BCUT2D eigenvalue weighted by molar-refractivity contribution is -0.384. The lowest BCUT2D eigenvalue weighted by Crippen LogP contribution is -2.54. The number of imide groups is 1. The second kappa shape index (κ2) is 6.45. The number of carbonyl (C=O) groups is 3. The van der Waals surface area contributed by atoms with Crippen molar-refractivity contribution in [1.82, 2.24) is 5.32 Å². The summed E-state index contributed by atoms with van der Waals surface area (Å²) >= 11 is 0. The van der Waals surface area contributed by atoms with Gasteiger partial charge in [-0.05, 0) is 24.1 Å². The minimum Gasteiger partial charge on any atom is -0.324 e. The van der Waals surface area contributed by atoms with Crippen LogP contribution in [-0.4, -0.2) is 28.7 Å². The molecule has 3 aliphatic rings. The number of nitro benzene ring substituents is 1. The van der Waals surface area contributed by atoms with Crippen LogP contribution in [0, 0.1) is 27.9 Å². The first-order chi connectivity index (χ1) is 14.8. The molecule has 2 N–H and O–H groups in total. The third-order valence-electron chi connectivity index (χ3n) is 6.59. The number of non-ortho nitro benzene ring substituents is 1. The Labute approximate surface area is 177 Å². The second-order valence-electron chi connectivity index (χ2n) is 8.51. The molecule has 4 atom stereocenters. The molecule has 158 valence electrons. The molecule has 2 saturated heterocycles. The number of benzene rings is 2. The van der Waals surface area contributed by atoms with Gasteiger partial charge in [0.05, 0.1) is 22.4 Å². The van der Waals surface area contributed by atoms with Crippen LogP contribution in [0.5, 0.6) is 0 Å². The zero-order chi connectivity index (χ0) is 22.1. The van der Waals surface area contributed by atoms with Crippen LogP contribution in [0.25, 0.3) is 0 Å². The van der Waals surface area contributed by atoms with Crippen molar-refractivity contribution in [1.29, 1.82) is 0 Å². The van der Waals surface area contributed by atoms with Crippen LogP contribution in [0.2, 0.25) is 0 Å². The average molecular weight is 420 g/mol. The molecule has 3 heterocycles. The van der Waals surface area contributed by atoms with Crippen LogP contribution in [0.15, 0.2) is 48.5 Å². The van der Waals surface area contributed by atoms with E-state index in [1.165, 1.54) is 24.3 Å². The van der Waals surface area contributed by atoms with Crippen LogP contribution < -0.4 is 15.5 Å². The fraction of sp³-hybridized carbons (Fsp3) is 0.318. The number of fused-ring (bicyclic) bond motifs is 4. The number of carbonyl (C=O) groups excluding carboxylic acids is 3. The number of rotatable bonds is 3. The van der Waals surface area contributed by atoms with Crippen LogP contribution >= 0.6 is 0 Å². The lowest BCUT2D eigenvalue weighted by atomic mass is 9.76. The van der Waals surface area contributed by atoms with Gasteiger partial charge in [0.2, 0.25) is 17.7 Å². The SMILES string of the molecule is CC(C)[C@H]1N[C@]2(C(=O)Nc3ccccc32)[C@@H]2C(=O)N(c3ccc([N+](=O)[O-])cc3)C(=O)[C@H]12. The van der Waals surface area contributed by atoms with Crippen molar-refractivity contribution in [2.75, 3.05) is 10.2 Å². The number of amides is 3. The minimum absolute atomic E-state index is 0.0130. The highest BCUT2D eigenvalue weighted by molar-refractivity contribution is 6.25. The first kappa shape index (κ1) is 19.4. The topological polar surface area (TPSA) is 122 Å². The maximum absolute atomic E-state index is 13.7. The molecular formula is C22H20N4O5. The van der Waals surface area contributed by atoms with Crippen molar-refractivity contribution in [3.8, 4) is 0 Å². The molecule has 9 heteroatoms. The van der Waals surface area contributed by atoms with E-state index in [4.69, 9.17) is 0 Å². The lowest BCUT2D eigenvalue weighted by Gasteiger charge is -2.30. The average Bonchev–Trinajstić information content (AvgIpc) is 3.33. The minimum atomic E-state index is -1.33. The van der Waals surface area contributed by atoms with E-state index in [1.54, 1.807) is 24.3 Å². The fourth-order valence-electron chi connectivity index (χ4n) is 5.24. The summed E-state index contributed by atoms with van der Waals surface area (Å²) in [5.41, 5.74) is 0.0741. The Hall–Kier alpha value is -3.59. The van der Waals surface area contributed by atoms with Gasteiger partial charge in [-0.1, -0.05) is 32.0 Å². The third-order valence-corrected chi connectivity index (χ3v) is 6.59. The smallest absolute Gasteiger partial charge is 0.269 e. The number of para-hydroxylation sites is 1. The molecule has 3 aliphatic heterocycles. The molecule has 0 unspecified atom stereocenters. The molecule has 2 aromatic carbocycles. The van der Waals surface area contributed by atoms with Gasteiger partial charge in [0.1, 0.15) is 5.54 Å². The molecule has 9 nitrogen and oxygen atoms in total. The highest BCUT2D eigenvalue weighted by Gasteiger charge is 2.70. The van der Waals surface area contributed by atoms with E-state index >= 15 is 0 Å². The van der Waals surface area contributed by atoms with E-state index in [2.05, 4.69) is 10.6 Å². The van der Waals surface area contributed by atoms with E-state index < -0.39 is 34.1 Å². The number of nitrogens with one attached hydrogen (secondary N) is 2. The van der Waals surface area contributed by atoms with Crippen molar-refractivity contribution in [3.63, 3.8) is 0 Å². The summed E-state index contributed by atoms with van der Waals surface area (Å²) in [4.78, 5) is 51.9. The Morgan fingerprint density at radius 1 is 1.03 bits per heavy atom. The molecule has 0 aliphatic carbocycles. The number of nitrogens with zero attached hydrogens (tertiary/aromatic N) is 2. The summed E-state index contributed by atoms with van der Waals surface area (Å²) < 4.78 is 0. The molecule has 2 fully saturated rings.